The molecule has 2 fully saturated rings. The average molecular weight is 343 g/mol. The zero-order chi connectivity index (χ0) is 16.7. The van der Waals surface area contributed by atoms with Crippen LogP contribution in [0.3, 0.4) is 0 Å². The molecule has 1 aromatic rings. The molecule has 128 valence electrons. The Labute approximate surface area is 136 Å². The zero-order valence-corrected chi connectivity index (χ0v) is 14.2. The van der Waals surface area contributed by atoms with Crippen LogP contribution in [0.15, 0.2) is 18.2 Å². The third kappa shape index (κ3) is 4.29. The summed E-state index contributed by atoms with van der Waals surface area (Å²) in [5.41, 5.74) is 0.823. The van der Waals surface area contributed by atoms with Gasteiger partial charge in [0.15, 0.2) is 11.6 Å². The molecule has 0 amide bonds. The van der Waals surface area contributed by atoms with Gasteiger partial charge in [-0.05, 0) is 67.8 Å². The van der Waals surface area contributed by atoms with Crippen molar-refractivity contribution in [2.75, 3.05) is 31.6 Å². The Kier molecular flexibility index (Phi) is 4.49. The second-order valence-electron chi connectivity index (χ2n) is 7.29. The second kappa shape index (κ2) is 6.13. The summed E-state index contributed by atoms with van der Waals surface area (Å²) in [7, 11) is -2.94. The minimum absolute atomic E-state index is 0.0393. The zero-order valence-electron chi connectivity index (χ0n) is 13.4. The highest BCUT2D eigenvalue weighted by atomic mass is 32.2. The molecule has 1 aromatic carbocycles. The van der Waals surface area contributed by atoms with Crippen LogP contribution in [0.2, 0.25) is 0 Å². The molecule has 1 aliphatic carbocycles. The van der Waals surface area contributed by atoms with Gasteiger partial charge < -0.3 is 4.90 Å². The summed E-state index contributed by atoms with van der Waals surface area (Å²) in [4.78, 5) is 2.33. The van der Waals surface area contributed by atoms with Gasteiger partial charge in [-0.3, -0.25) is 0 Å². The summed E-state index contributed by atoms with van der Waals surface area (Å²) in [5.74, 6) is -1.05. The first-order chi connectivity index (χ1) is 10.8. The number of halogens is 2. The van der Waals surface area contributed by atoms with E-state index >= 15 is 0 Å². The Morgan fingerprint density at radius 3 is 2.35 bits per heavy atom. The Morgan fingerprint density at radius 2 is 1.83 bits per heavy atom. The van der Waals surface area contributed by atoms with Gasteiger partial charge in [0, 0.05) is 12.8 Å². The molecule has 0 atom stereocenters. The van der Waals surface area contributed by atoms with Crippen molar-refractivity contribution < 1.29 is 17.2 Å². The summed E-state index contributed by atoms with van der Waals surface area (Å²) < 4.78 is 49.5. The van der Waals surface area contributed by atoms with Crippen molar-refractivity contribution in [2.24, 2.45) is 5.41 Å². The quantitative estimate of drug-likeness (QED) is 0.825. The number of nitrogens with zero attached hydrogens (tertiary/aromatic N) is 1. The fraction of sp³-hybridized carbons (Fsp3) is 0.647. The lowest BCUT2D eigenvalue weighted by atomic mass is 9.89. The van der Waals surface area contributed by atoms with Crippen molar-refractivity contribution in [1.29, 1.82) is 0 Å². The molecule has 0 N–H and O–H groups in total. The molecular formula is C17H23F2NO2S. The number of likely N-dealkylation sites (tertiary alicyclic amines) is 1. The monoisotopic (exact) mass is 343 g/mol. The van der Waals surface area contributed by atoms with E-state index < -0.39 is 21.5 Å². The molecule has 1 aliphatic heterocycles. The van der Waals surface area contributed by atoms with E-state index in [-0.39, 0.29) is 17.1 Å². The van der Waals surface area contributed by atoms with Crippen LogP contribution in [-0.2, 0) is 9.84 Å². The SMILES string of the molecule is CS(=O)(=O)CC1(CN2CCC(c3ccc(F)c(F)c3)CC2)CC1. The van der Waals surface area contributed by atoms with Crippen molar-refractivity contribution in [3.05, 3.63) is 35.4 Å². The molecule has 1 heterocycles. The first kappa shape index (κ1) is 16.8. The number of hydrogen-bond donors (Lipinski definition) is 0. The lowest BCUT2D eigenvalue weighted by Crippen LogP contribution is -2.39. The van der Waals surface area contributed by atoms with E-state index in [1.807, 2.05) is 0 Å². The molecule has 1 saturated carbocycles. The molecule has 0 radical (unpaired) electrons. The summed E-state index contributed by atoms with van der Waals surface area (Å²) in [6.07, 6.45) is 5.09. The number of benzene rings is 1. The topological polar surface area (TPSA) is 37.4 Å². The Bertz CT molecular complexity index is 678. The van der Waals surface area contributed by atoms with Crippen LogP contribution in [0.4, 0.5) is 8.78 Å². The third-order valence-electron chi connectivity index (χ3n) is 5.09. The van der Waals surface area contributed by atoms with E-state index in [2.05, 4.69) is 4.90 Å². The summed E-state index contributed by atoms with van der Waals surface area (Å²) >= 11 is 0. The number of piperidine rings is 1. The highest BCUT2D eigenvalue weighted by Crippen LogP contribution is 2.47. The highest BCUT2D eigenvalue weighted by molar-refractivity contribution is 7.90. The maximum Gasteiger partial charge on any atom is 0.159 e. The predicted molar refractivity (Wildman–Crippen MR) is 86.2 cm³/mol. The summed E-state index contributed by atoms with van der Waals surface area (Å²) in [6.45, 7) is 2.61. The molecule has 0 spiro atoms. The van der Waals surface area contributed by atoms with E-state index in [0.717, 1.165) is 50.9 Å². The standard InChI is InChI=1S/C17H23F2NO2S/c1-23(21,22)12-17(6-7-17)11-20-8-4-13(5-9-20)14-2-3-15(18)16(19)10-14/h2-3,10,13H,4-9,11-12H2,1H3. The van der Waals surface area contributed by atoms with Gasteiger partial charge in [-0.15, -0.1) is 0 Å². The molecule has 1 saturated heterocycles. The molecule has 6 heteroatoms. The molecule has 0 unspecified atom stereocenters. The van der Waals surface area contributed by atoms with E-state index in [1.165, 1.54) is 18.4 Å². The fourth-order valence-corrected chi connectivity index (χ4v) is 5.24. The Hall–Kier alpha value is -1.01. The van der Waals surface area contributed by atoms with Gasteiger partial charge in [-0.1, -0.05) is 6.07 Å². The van der Waals surface area contributed by atoms with Gasteiger partial charge in [0.05, 0.1) is 5.75 Å². The molecular weight excluding hydrogens is 320 g/mol. The molecule has 2 aliphatic rings. The van der Waals surface area contributed by atoms with Gasteiger partial charge >= 0.3 is 0 Å². The molecule has 0 aromatic heterocycles. The summed E-state index contributed by atoms with van der Waals surface area (Å²) in [5, 5.41) is 0. The Balaban J connectivity index is 1.55. The Morgan fingerprint density at radius 1 is 1.17 bits per heavy atom. The van der Waals surface area contributed by atoms with Crippen molar-refractivity contribution >= 4 is 9.84 Å². The maximum absolute atomic E-state index is 13.4. The minimum atomic E-state index is -2.94. The van der Waals surface area contributed by atoms with E-state index in [1.54, 1.807) is 6.07 Å². The number of rotatable bonds is 5. The first-order valence-electron chi connectivity index (χ1n) is 8.11. The first-order valence-corrected chi connectivity index (χ1v) is 10.2. The normalized spacial score (nSPS) is 22.2. The van der Waals surface area contributed by atoms with E-state index in [4.69, 9.17) is 0 Å². The molecule has 3 rings (SSSR count). The molecule has 23 heavy (non-hydrogen) atoms. The van der Waals surface area contributed by atoms with Crippen molar-refractivity contribution in [3.8, 4) is 0 Å². The summed E-state index contributed by atoms with van der Waals surface area (Å²) in [6, 6.07) is 4.18. The lowest BCUT2D eigenvalue weighted by molar-refractivity contribution is 0.181. The fourth-order valence-electron chi connectivity index (χ4n) is 3.75. The van der Waals surface area contributed by atoms with Gasteiger partial charge in [0.1, 0.15) is 9.84 Å². The van der Waals surface area contributed by atoms with E-state index in [0.29, 0.717) is 0 Å². The average Bonchev–Trinajstić information content (AvgIpc) is 3.20. The largest absolute Gasteiger partial charge is 0.303 e. The van der Waals surface area contributed by atoms with Gasteiger partial charge in [-0.2, -0.15) is 0 Å². The van der Waals surface area contributed by atoms with Gasteiger partial charge in [0.25, 0.3) is 0 Å². The van der Waals surface area contributed by atoms with Crippen LogP contribution < -0.4 is 0 Å². The highest BCUT2D eigenvalue weighted by Gasteiger charge is 2.46. The lowest BCUT2D eigenvalue weighted by Gasteiger charge is -2.34. The van der Waals surface area contributed by atoms with Gasteiger partial charge in [0.2, 0.25) is 0 Å². The van der Waals surface area contributed by atoms with Crippen LogP contribution in [0.25, 0.3) is 0 Å². The van der Waals surface area contributed by atoms with Crippen LogP contribution in [0.5, 0.6) is 0 Å². The maximum atomic E-state index is 13.4. The number of sulfone groups is 1. The van der Waals surface area contributed by atoms with Crippen molar-refractivity contribution in [2.45, 2.75) is 31.6 Å². The molecule has 0 bridgehead atoms. The predicted octanol–water partition coefficient (Wildman–Crippen LogP) is 2.97. The second-order valence-corrected chi connectivity index (χ2v) is 9.43. The molecule has 3 nitrogen and oxygen atoms in total. The van der Waals surface area contributed by atoms with Crippen LogP contribution in [0.1, 0.15) is 37.2 Å². The minimum Gasteiger partial charge on any atom is -0.303 e. The van der Waals surface area contributed by atoms with Crippen LogP contribution in [-0.4, -0.2) is 45.0 Å². The van der Waals surface area contributed by atoms with Crippen molar-refractivity contribution in [3.63, 3.8) is 0 Å². The van der Waals surface area contributed by atoms with E-state index in [9.17, 15) is 17.2 Å². The van der Waals surface area contributed by atoms with Crippen LogP contribution >= 0.6 is 0 Å². The van der Waals surface area contributed by atoms with Crippen LogP contribution in [0, 0.1) is 17.0 Å². The van der Waals surface area contributed by atoms with Crippen molar-refractivity contribution in [1.82, 2.24) is 4.90 Å². The smallest absolute Gasteiger partial charge is 0.159 e. The third-order valence-corrected chi connectivity index (χ3v) is 6.22. The van der Waals surface area contributed by atoms with Gasteiger partial charge in [-0.25, -0.2) is 17.2 Å². The number of hydrogen-bond acceptors (Lipinski definition) is 3.